The smallest absolute Gasteiger partial charge is 0.258 e. The maximum Gasteiger partial charge on any atom is 0.258 e. The molecule has 0 saturated carbocycles. The van der Waals surface area contributed by atoms with Gasteiger partial charge in [0.15, 0.2) is 0 Å². The number of amides is 2. The van der Waals surface area contributed by atoms with Crippen molar-refractivity contribution in [2.24, 2.45) is 11.3 Å². The van der Waals surface area contributed by atoms with Gasteiger partial charge in [-0.2, -0.15) is 0 Å². The number of hydrogen-bond donors (Lipinski definition) is 3. The molecule has 0 radical (unpaired) electrons. The van der Waals surface area contributed by atoms with E-state index >= 15 is 0 Å². The summed E-state index contributed by atoms with van der Waals surface area (Å²) in [6.07, 6.45) is 2.78. The van der Waals surface area contributed by atoms with Crippen LogP contribution < -0.4 is 10.6 Å². The number of thiophene rings is 1. The molecular weight excluding hydrogens is 496 g/mol. The number of aliphatic hydroxyl groups excluding tert-OH is 1. The number of carbonyl (C=O) groups is 2. The largest absolute Gasteiger partial charge is 0.395 e. The monoisotopic (exact) mass is 532 g/mol. The Morgan fingerprint density at radius 2 is 1.75 bits per heavy atom. The molecule has 0 bridgehead atoms. The highest BCUT2D eigenvalue weighted by atomic mass is 35.5. The van der Waals surface area contributed by atoms with Gasteiger partial charge >= 0.3 is 0 Å². The van der Waals surface area contributed by atoms with Gasteiger partial charge in [-0.1, -0.05) is 32.4 Å². The predicted molar refractivity (Wildman–Crippen MR) is 147 cm³/mol. The molecular formula is C27H37ClN4O3S. The van der Waals surface area contributed by atoms with Crippen LogP contribution in [0.3, 0.4) is 0 Å². The topological polar surface area (TPSA) is 84.9 Å². The number of halogens is 1. The van der Waals surface area contributed by atoms with Gasteiger partial charge in [-0.3, -0.25) is 19.4 Å². The van der Waals surface area contributed by atoms with Crippen molar-refractivity contribution in [3.8, 4) is 0 Å². The molecule has 36 heavy (non-hydrogen) atoms. The second kappa shape index (κ2) is 11.6. The second-order valence-electron chi connectivity index (χ2n) is 10.9. The van der Waals surface area contributed by atoms with Crippen LogP contribution >= 0.6 is 22.9 Å². The van der Waals surface area contributed by atoms with Gasteiger partial charge < -0.3 is 15.7 Å². The van der Waals surface area contributed by atoms with Crippen molar-refractivity contribution in [1.29, 1.82) is 0 Å². The Morgan fingerprint density at radius 3 is 2.39 bits per heavy atom. The molecule has 9 heteroatoms. The molecule has 4 rings (SSSR count). The number of anilines is 2. The molecule has 1 unspecified atom stereocenters. The van der Waals surface area contributed by atoms with Gasteiger partial charge in [0.2, 0.25) is 5.91 Å². The molecule has 2 amide bonds. The van der Waals surface area contributed by atoms with Crippen LogP contribution in [0.2, 0.25) is 5.02 Å². The Hall–Kier alpha value is -1.97. The number of piperazine rings is 1. The van der Waals surface area contributed by atoms with E-state index in [2.05, 4.69) is 41.2 Å². The van der Waals surface area contributed by atoms with Crippen LogP contribution in [0.15, 0.2) is 24.3 Å². The molecule has 1 aromatic carbocycles. The van der Waals surface area contributed by atoms with Gasteiger partial charge in [-0.05, 0) is 60.4 Å². The lowest BCUT2D eigenvalue weighted by molar-refractivity contribution is -0.117. The van der Waals surface area contributed by atoms with Crippen LogP contribution in [0.25, 0.3) is 0 Å². The summed E-state index contributed by atoms with van der Waals surface area (Å²) in [5.41, 5.74) is 2.53. The number of nitrogens with one attached hydrogen (secondary N) is 2. The van der Waals surface area contributed by atoms with Gasteiger partial charge in [-0.25, -0.2) is 0 Å². The Bertz CT molecular complexity index is 1070. The molecule has 2 heterocycles. The van der Waals surface area contributed by atoms with Gasteiger partial charge in [0.25, 0.3) is 5.91 Å². The lowest BCUT2D eigenvalue weighted by Crippen LogP contribution is -2.49. The minimum absolute atomic E-state index is 0.0999. The highest BCUT2D eigenvalue weighted by molar-refractivity contribution is 7.17. The number of fused-ring (bicyclic) bond motifs is 1. The normalized spacial score (nSPS) is 19.1. The summed E-state index contributed by atoms with van der Waals surface area (Å²) >= 11 is 7.56. The average molecular weight is 533 g/mol. The number of carbonyl (C=O) groups excluding carboxylic acids is 2. The van der Waals surface area contributed by atoms with Crippen molar-refractivity contribution in [3.05, 3.63) is 45.3 Å². The summed E-state index contributed by atoms with van der Waals surface area (Å²) in [6.45, 7) is 11.2. The maximum atomic E-state index is 13.5. The third-order valence-corrected chi connectivity index (χ3v) is 8.74. The lowest BCUT2D eigenvalue weighted by atomic mass is 9.72. The van der Waals surface area contributed by atoms with E-state index in [4.69, 9.17) is 16.7 Å². The van der Waals surface area contributed by atoms with E-state index < -0.39 is 0 Å². The minimum atomic E-state index is -0.197. The highest BCUT2D eigenvalue weighted by Crippen LogP contribution is 2.44. The van der Waals surface area contributed by atoms with E-state index in [0.717, 1.165) is 51.0 Å². The number of hydrogen-bond acceptors (Lipinski definition) is 6. The zero-order valence-electron chi connectivity index (χ0n) is 21.4. The summed E-state index contributed by atoms with van der Waals surface area (Å²) in [6, 6.07) is 7.06. The predicted octanol–water partition coefficient (Wildman–Crippen LogP) is 4.35. The fraction of sp³-hybridized carbons (Fsp3) is 0.556. The Morgan fingerprint density at radius 1 is 1.08 bits per heavy atom. The van der Waals surface area contributed by atoms with E-state index in [1.165, 1.54) is 4.88 Å². The van der Waals surface area contributed by atoms with Crippen LogP contribution in [-0.2, 0) is 17.6 Å². The molecule has 2 aliphatic rings. The van der Waals surface area contributed by atoms with E-state index in [-0.39, 0.29) is 23.8 Å². The Balaban J connectivity index is 1.51. The molecule has 7 nitrogen and oxygen atoms in total. The highest BCUT2D eigenvalue weighted by Gasteiger charge is 2.34. The molecule has 1 aliphatic carbocycles. The Kier molecular flexibility index (Phi) is 8.73. The zero-order valence-corrected chi connectivity index (χ0v) is 23.0. The fourth-order valence-electron chi connectivity index (χ4n) is 5.06. The summed E-state index contributed by atoms with van der Waals surface area (Å²) in [7, 11) is 0. The molecule has 1 aromatic heterocycles. The minimum Gasteiger partial charge on any atom is -0.395 e. The zero-order chi connectivity index (χ0) is 25.9. The molecule has 0 spiro atoms. The lowest BCUT2D eigenvalue weighted by Gasteiger charge is -2.33. The van der Waals surface area contributed by atoms with Crippen molar-refractivity contribution >= 4 is 45.4 Å². The molecule has 196 valence electrons. The number of β-amino-alcohol motifs (C(OH)–C–C–N with tert-alkyl or cyclic N) is 1. The summed E-state index contributed by atoms with van der Waals surface area (Å²) in [4.78, 5) is 32.1. The summed E-state index contributed by atoms with van der Waals surface area (Å²) < 4.78 is 0. The fourth-order valence-corrected chi connectivity index (χ4v) is 6.53. The number of aliphatic hydroxyl groups is 1. The number of rotatable bonds is 7. The summed E-state index contributed by atoms with van der Waals surface area (Å²) in [5.74, 6) is 0.240. The second-order valence-corrected chi connectivity index (χ2v) is 12.4. The molecule has 1 saturated heterocycles. The number of benzene rings is 1. The van der Waals surface area contributed by atoms with E-state index in [0.29, 0.717) is 40.3 Å². The first-order chi connectivity index (χ1) is 17.1. The van der Waals surface area contributed by atoms with E-state index in [1.807, 2.05) is 0 Å². The standard InChI is InChI=1S/C27H37ClN4O3S/c1-27(2,3)18-4-9-21-22(16-18)36-26(24(21)25(35)29-20-7-5-19(28)6-8-20)30-23(34)17-32-12-10-31(11-13-32)14-15-33/h5-8,18,33H,4,9-17H2,1-3H3,(H,29,35)(H,30,34). The quantitative estimate of drug-likeness (QED) is 0.493. The van der Waals surface area contributed by atoms with Crippen molar-refractivity contribution < 1.29 is 14.7 Å². The average Bonchev–Trinajstić information content (AvgIpc) is 3.18. The molecule has 1 atom stereocenters. The first-order valence-corrected chi connectivity index (χ1v) is 13.9. The maximum absolute atomic E-state index is 13.5. The van der Waals surface area contributed by atoms with Gasteiger partial charge in [0.05, 0.1) is 18.7 Å². The van der Waals surface area contributed by atoms with Gasteiger partial charge in [-0.15, -0.1) is 11.3 Å². The van der Waals surface area contributed by atoms with Crippen molar-refractivity contribution in [3.63, 3.8) is 0 Å². The van der Waals surface area contributed by atoms with Crippen LogP contribution in [0.5, 0.6) is 0 Å². The first-order valence-electron chi connectivity index (χ1n) is 12.7. The first kappa shape index (κ1) is 27.1. The third-order valence-electron chi connectivity index (χ3n) is 7.32. The van der Waals surface area contributed by atoms with Crippen LogP contribution in [0.1, 0.15) is 48.0 Å². The molecule has 3 N–H and O–H groups in total. The molecule has 2 aromatic rings. The van der Waals surface area contributed by atoms with Crippen LogP contribution in [0, 0.1) is 11.3 Å². The third kappa shape index (κ3) is 6.66. The van der Waals surface area contributed by atoms with Gasteiger partial charge in [0, 0.05) is 48.3 Å². The van der Waals surface area contributed by atoms with Crippen molar-refractivity contribution in [2.75, 3.05) is 56.5 Å². The van der Waals surface area contributed by atoms with E-state index in [9.17, 15) is 9.59 Å². The Labute approximate surface area is 222 Å². The van der Waals surface area contributed by atoms with Crippen LogP contribution in [0.4, 0.5) is 10.7 Å². The van der Waals surface area contributed by atoms with Crippen LogP contribution in [-0.4, -0.2) is 72.6 Å². The van der Waals surface area contributed by atoms with E-state index in [1.54, 1.807) is 35.6 Å². The SMILES string of the molecule is CC(C)(C)C1CCc2c(sc(NC(=O)CN3CCN(CCO)CC3)c2C(=O)Nc2ccc(Cl)cc2)C1. The van der Waals surface area contributed by atoms with Crippen molar-refractivity contribution in [2.45, 2.75) is 40.0 Å². The molecule has 1 aliphatic heterocycles. The summed E-state index contributed by atoms with van der Waals surface area (Å²) in [5, 5.41) is 16.5. The number of nitrogens with zero attached hydrogens (tertiary/aromatic N) is 2. The van der Waals surface area contributed by atoms with Gasteiger partial charge in [0.1, 0.15) is 5.00 Å². The molecule has 1 fully saturated rings. The van der Waals surface area contributed by atoms with Crippen molar-refractivity contribution in [1.82, 2.24) is 9.80 Å².